The van der Waals surface area contributed by atoms with E-state index < -0.39 is 0 Å². The maximum Gasteiger partial charge on any atom is 0.161 e. The van der Waals surface area contributed by atoms with Gasteiger partial charge in [0, 0.05) is 6.61 Å². The van der Waals surface area contributed by atoms with Crippen molar-refractivity contribution in [3.05, 3.63) is 23.8 Å². The first-order chi connectivity index (χ1) is 10.8. The third kappa shape index (κ3) is 7.66. The van der Waals surface area contributed by atoms with Gasteiger partial charge in [0.2, 0.25) is 0 Å². The van der Waals surface area contributed by atoms with Crippen LogP contribution in [-0.4, -0.2) is 30.5 Å². The van der Waals surface area contributed by atoms with Crippen molar-refractivity contribution in [3.8, 4) is 11.5 Å². The summed E-state index contributed by atoms with van der Waals surface area (Å²) in [5.74, 6) is 1.42. The predicted octanol–water partition coefficient (Wildman–Crippen LogP) is 3.68. The maximum absolute atomic E-state index is 9.10. The van der Waals surface area contributed by atoms with Gasteiger partial charge in [0.25, 0.3) is 0 Å². The first-order valence-electron chi connectivity index (χ1n) is 8.33. The number of hydrogen-bond acceptors (Lipinski definition) is 4. The molecule has 0 atom stereocenters. The standard InChI is InChI=1S/C18H30O4/c1-21-18-14-16(15-20)10-11-17(18)22-13-9-7-5-3-2-4-6-8-12-19/h10-11,14,19-20H,2-9,12-13,15H2,1H3. The van der Waals surface area contributed by atoms with Gasteiger partial charge in [-0.1, -0.05) is 44.6 Å². The molecule has 0 saturated heterocycles. The van der Waals surface area contributed by atoms with Crippen molar-refractivity contribution in [1.82, 2.24) is 0 Å². The highest BCUT2D eigenvalue weighted by Gasteiger charge is 2.05. The Morgan fingerprint density at radius 2 is 1.45 bits per heavy atom. The second-order valence-electron chi connectivity index (χ2n) is 5.54. The van der Waals surface area contributed by atoms with E-state index in [1.807, 2.05) is 18.2 Å². The largest absolute Gasteiger partial charge is 0.493 e. The zero-order valence-corrected chi connectivity index (χ0v) is 13.7. The van der Waals surface area contributed by atoms with Crippen LogP contribution in [0.2, 0.25) is 0 Å². The van der Waals surface area contributed by atoms with E-state index in [4.69, 9.17) is 19.7 Å². The fourth-order valence-corrected chi connectivity index (χ4v) is 2.39. The summed E-state index contributed by atoms with van der Waals surface area (Å²) in [5, 5.41) is 17.8. The van der Waals surface area contributed by atoms with E-state index in [1.165, 1.54) is 32.1 Å². The van der Waals surface area contributed by atoms with Gasteiger partial charge in [0.15, 0.2) is 11.5 Å². The molecule has 0 spiro atoms. The zero-order valence-electron chi connectivity index (χ0n) is 13.7. The predicted molar refractivity (Wildman–Crippen MR) is 88.4 cm³/mol. The quantitative estimate of drug-likeness (QED) is 0.546. The Balaban J connectivity index is 2.09. The Kier molecular flexibility index (Phi) is 10.5. The number of methoxy groups -OCH3 is 1. The van der Waals surface area contributed by atoms with Crippen molar-refractivity contribution in [2.24, 2.45) is 0 Å². The van der Waals surface area contributed by atoms with Crippen molar-refractivity contribution in [3.63, 3.8) is 0 Å². The number of aliphatic hydroxyl groups is 2. The molecule has 0 heterocycles. The van der Waals surface area contributed by atoms with Crippen LogP contribution in [0, 0.1) is 0 Å². The molecule has 0 aliphatic heterocycles. The average molecular weight is 310 g/mol. The second kappa shape index (κ2) is 12.3. The fourth-order valence-electron chi connectivity index (χ4n) is 2.39. The molecule has 0 saturated carbocycles. The van der Waals surface area contributed by atoms with Crippen LogP contribution in [0.4, 0.5) is 0 Å². The molecular formula is C18H30O4. The lowest BCUT2D eigenvalue weighted by molar-refractivity contribution is 0.274. The minimum Gasteiger partial charge on any atom is -0.493 e. The Hall–Kier alpha value is -1.26. The average Bonchev–Trinajstić information content (AvgIpc) is 2.56. The molecule has 1 aromatic rings. The van der Waals surface area contributed by atoms with E-state index in [1.54, 1.807) is 7.11 Å². The summed E-state index contributed by atoms with van der Waals surface area (Å²) in [6.07, 6.45) is 9.29. The zero-order chi connectivity index (χ0) is 16.0. The van der Waals surface area contributed by atoms with Crippen LogP contribution in [0.5, 0.6) is 11.5 Å². The first-order valence-corrected chi connectivity index (χ1v) is 8.33. The topological polar surface area (TPSA) is 58.9 Å². The molecule has 22 heavy (non-hydrogen) atoms. The van der Waals surface area contributed by atoms with Gasteiger partial charge in [0.1, 0.15) is 0 Å². The van der Waals surface area contributed by atoms with Gasteiger partial charge >= 0.3 is 0 Å². The third-order valence-electron chi connectivity index (χ3n) is 3.72. The highest BCUT2D eigenvalue weighted by molar-refractivity contribution is 5.42. The second-order valence-corrected chi connectivity index (χ2v) is 5.54. The summed E-state index contributed by atoms with van der Waals surface area (Å²) < 4.78 is 11.0. The molecular weight excluding hydrogens is 280 g/mol. The van der Waals surface area contributed by atoms with E-state index in [9.17, 15) is 0 Å². The maximum atomic E-state index is 9.10. The molecule has 0 radical (unpaired) electrons. The number of benzene rings is 1. The summed E-state index contributed by atoms with van der Waals surface area (Å²) in [6.45, 7) is 1.02. The SMILES string of the molecule is COc1cc(CO)ccc1OCCCCCCCCCCO. The number of ether oxygens (including phenoxy) is 2. The van der Waals surface area contributed by atoms with E-state index in [0.29, 0.717) is 19.0 Å². The van der Waals surface area contributed by atoms with E-state index >= 15 is 0 Å². The monoisotopic (exact) mass is 310 g/mol. The normalized spacial score (nSPS) is 10.7. The Bertz CT molecular complexity index is 393. The highest BCUT2D eigenvalue weighted by atomic mass is 16.5. The van der Waals surface area contributed by atoms with Crippen LogP contribution >= 0.6 is 0 Å². The molecule has 0 fully saturated rings. The molecule has 0 unspecified atom stereocenters. The summed E-state index contributed by atoms with van der Waals surface area (Å²) in [4.78, 5) is 0. The summed E-state index contributed by atoms with van der Waals surface area (Å²) >= 11 is 0. The van der Waals surface area contributed by atoms with Crippen LogP contribution in [0.3, 0.4) is 0 Å². The fraction of sp³-hybridized carbons (Fsp3) is 0.667. The van der Waals surface area contributed by atoms with Gasteiger partial charge in [-0.25, -0.2) is 0 Å². The minimum atomic E-state index is 0.00887. The van der Waals surface area contributed by atoms with Crippen molar-refractivity contribution in [2.45, 2.75) is 58.0 Å². The lowest BCUT2D eigenvalue weighted by atomic mass is 10.1. The van der Waals surface area contributed by atoms with Crippen LogP contribution in [0.15, 0.2) is 18.2 Å². The molecule has 4 heteroatoms. The number of unbranched alkanes of at least 4 members (excludes halogenated alkanes) is 7. The molecule has 0 bridgehead atoms. The Labute approximate surface area is 134 Å². The first kappa shape index (κ1) is 18.8. The summed E-state index contributed by atoms with van der Waals surface area (Å²) in [6, 6.07) is 5.51. The van der Waals surface area contributed by atoms with E-state index in [-0.39, 0.29) is 6.61 Å². The lowest BCUT2D eigenvalue weighted by Crippen LogP contribution is -2.00. The summed E-state index contributed by atoms with van der Waals surface area (Å²) in [5.41, 5.74) is 0.824. The Morgan fingerprint density at radius 3 is 2.05 bits per heavy atom. The van der Waals surface area contributed by atoms with E-state index in [2.05, 4.69) is 0 Å². The van der Waals surface area contributed by atoms with Crippen molar-refractivity contribution in [2.75, 3.05) is 20.3 Å². The van der Waals surface area contributed by atoms with Gasteiger partial charge in [-0.15, -0.1) is 0 Å². The molecule has 0 aromatic heterocycles. The van der Waals surface area contributed by atoms with Crippen LogP contribution in [0.25, 0.3) is 0 Å². The lowest BCUT2D eigenvalue weighted by Gasteiger charge is -2.11. The van der Waals surface area contributed by atoms with Crippen molar-refractivity contribution in [1.29, 1.82) is 0 Å². The number of aliphatic hydroxyl groups excluding tert-OH is 2. The Morgan fingerprint density at radius 1 is 0.818 bits per heavy atom. The van der Waals surface area contributed by atoms with Crippen LogP contribution in [-0.2, 0) is 6.61 Å². The van der Waals surface area contributed by atoms with Gasteiger partial charge < -0.3 is 19.7 Å². The van der Waals surface area contributed by atoms with Crippen molar-refractivity contribution >= 4 is 0 Å². The third-order valence-corrected chi connectivity index (χ3v) is 3.72. The molecule has 0 amide bonds. The van der Waals surface area contributed by atoms with Gasteiger partial charge in [0.05, 0.1) is 20.3 Å². The van der Waals surface area contributed by atoms with E-state index in [0.717, 1.165) is 30.6 Å². The van der Waals surface area contributed by atoms with Crippen molar-refractivity contribution < 1.29 is 19.7 Å². The molecule has 2 N–H and O–H groups in total. The molecule has 0 aliphatic carbocycles. The minimum absolute atomic E-state index is 0.00887. The molecule has 4 nitrogen and oxygen atoms in total. The van der Waals surface area contributed by atoms with Crippen LogP contribution < -0.4 is 9.47 Å². The molecule has 126 valence electrons. The van der Waals surface area contributed by atoms with Gasteiger partial charge in [-0.05, 0) is 30.5 Å². The smallest absolute Gasteiger partial charge is 0.161 e. The van der Waals surface area contributed by atoms with Crippen LogP contribution in [0.1, 0.15) is 56.9 Å². The molecule has 1 rings (SSSR count). The summed E-state index contributed by atoms with van der Waals surface area (Å²) in [7, 11) is 1.61. The van der Waals surface area contributed by atoms with Gasteiger partial charge in [-0.3, -0.25) is 0 Å². The molecule has 0 aliphatic rings. The molecule has 1 aromatic carbocycles. The van der Waals surface area contributed by atoms with Gasteiger partial charge in [-0.2, -0.15) is 0 Å². The number of rotatable bonds is 13. The number of hydrogen-bond donors (Lipinski definition) is 2. The highest BCUT2D eigenvalue weighted by Crippen LogP contribution is 2.28.